The van der Waals surface area contributed by atoms with Crippen molar-refractivity contribution in [2.24, 2.45) is 0 Å². The van der Waals surface area contributed by atoms with Crippen molar-refractivity contribution in [1.82, 2.24) is 0 Å². The lowest BCUT2D eigenvalue weighted by Crippen LogP contribution is -2.04. The fourth-order valence-corrected chi connectivity index (χ4v) is 0.932. The molecule has 0 aliphatic carbocycles. The molecule has 14 heavy (non-hydrogen) atoms. The summed E-state index contributed by atoms with van der Waals surface area (Å²) in [6.45, 7) is -3.11. The van der Waals surface area contributed by atoms with Gasteiger partial charge in [0, 0.05) is 5.56 Å². The van der Waals surface area contributed by atoms with Gasteiger partial charge in [0.05, 0.1) is 0 Å². The summed E-state index contributed by atoms with van der Waals surface area (Å²) >= 11 is 5.04. The highest BCUT2D eigenvalue weighted by Crippen LogP contribution is 2.20. The SMILES string of the molecule is O=C(Cl)c1ccc(OC(F)F)c(F)c1. The molecule has 1 aromatic rings. The first-order valence-electron chi connectivity index (χ1n) is 3.45. The van der Waals surface area contributed by atoms with Gasteiger partial charge >= 0.3 is 6.61 Å². The highest BCUT2D eigenvalue weighted by atomic mass is 35.5. The first kappa shape index (κ1) is 10.8. The lowest BCUT2D eigenvalue weighted by molar-refractivity contribution is -0.0521. The molecule has 0 bridgehead atoms. The van der Waals surface area contributed by atoms with Crippen LogP contribution in [-0.2, 0) is 0 Å². The van der Waals surface area contributed by atoms with Crippen LogP contribution in [0.15, 0.2) is 18.2 Å². The van der Waals surface area contributed by atoms with E-state index in [0.29, 0.717) is 0 Å². The summed E-state index contributed by atoms with van der Waals surface area (Å²) in [5, 5.41) is -0.868. The maximum absolute atomic E-state index is 12.9. The molecule has 0 radical (unpaired) electrons. The molecule has 0 unspecified atom stereocenters. The predicted molar refractivity (Wildman–Crippen MR) is 43.2 cm³/mol. The van der Waals surface area contributed by atoms with Crippen molar-refractivity contribution in [2.75, 3.05) is 0 Å². The zero-order valence-electron chi connectivity index (χ0n) is 6.64. The van der Waals surface area contributed by atoms with E-state index in [-0.39, 0.29) is 5.56 Å². The van der Waals surface area contributed by atoms with E-state index in [1.807, 2.05) is 0 Å². The Morgan fingerprint density at radius 3 is 2.50 bits per heavy atom. The number of alkyl halides is 2. The number of carbonyl (C=O) groups excluding carboxylic acids is 1. The molecule has 0 heterocycles. The van der Waals surface area contributed by atoms with E-state index in [0.717, 1.165) is 18.2 Å². The number of rotatable bonds is 3. The molecule has 76 valence electrons. The van der Waals surface area contributed by atoms with Gasteiger partial charge in [-0.25, -0.2) is 4.39 Å². The maximum atomic E-state index is 12.9. The Balaban J connectivity index is 2.95. The number of carbonyl (C=O) groups is 1. The molecular formula is C8H4ClF3O2. The summed E-state index contributed by atoms with van der Waals surface area (Å²) in [6, 6.07) is 2.74. The van der Waals surface area contributed by atoms with Gasteiger partial charge < -0.3 is 4.74 Å². The standard InChI is InChI=1S/C8H4ClF3O2/c9-7(13)4-1-2-6(5(10)3-4)14-8(11)12/h1-3,8H. The van der Waals surface area contributed by atoms with Crippen molar-refractivity contribution in [3.63, 3.8) is 0 Å². The fourth-order valence-electron chi connectivity index (χ4n) is 0.815. The summed E-state index contributed by atoms with van der Waals surface area (Å²) in [5.41, 5.74) is -0.120. The average Bonchev–Trinajstić information content (AvgIpc) is 2.07. The zero-order chi connectivity index (χ0) is 10.7. The van der Waals surface area contributed by atoms with Crippen LogP contribution in [0.3, 0.4) is 0 Å². The van der Waals surface area contributed by atoms with Crippen LogP contribution in [0.5, 0.6) is 5.75 Å². The second kappa shape index (κ2) is 4.32. The number of benzene rings is 1. The van der Waals surface area contributed by atoms with Gasteiger partial charge in [-0.1, -0.05) is 0 Å². The number of halogens is 4. The zero-order valence-corrected chi connectivity index (χ0v) is 7.39. The van der Waals surface area contributed by atoms with Crippen LogP contribution in [0.25, 0.3) is 0 Å². The van der Waals surface area contributed by atoms with E-state index < -0.39 is 23.4 Å². The van der Waals surface area contributed by atoms with Crippen molar-refractivity contribution in [1.29, 1.82) is 0 Å². The molecule has 0 fully saturated rings. The number of hydrogen-bond donors (Lipinski definition) is 0. The predicted octanol–water partition coefficient (Wildman–Crippen LogP) is 2.81. The van der Waals surface area contributed by atoms with Crippen molar-refractivity contribution in [2.45, 2.75) is 6.61 Å². The molecule has 1 aromatic carbocycles. The van der Waals surface area contributed by atoms with E-state index in [2.05, 4.69) is 4.74 Å². The van der Waals surface area contributed by atoms with Crippen molar-refractivity contribution >= 4 is 16.8 Å². The Morgan fingerprint density at radius 2 is 2.07 bits per heavy atom. The smallest absolute Gasteiger partial charge is 0.387 e. The second-order valence-electron chi connectivity index (χ2n) is 2.30. The Kier molecular flexibility index (Phi) is 3.35. The van der Waals surface area contributed by atoms with Crippen LogP contribution in [0.1, 0.15) is 10.4 Å². The molecule has 0 atom stereocenters. The normalized spacial score (nSPS) is 10.4. The van der Waals surface area contributed by atoms with Crippen LogP contribution in [0.2, 0.25) is 0 Å². The van der Waals surface area contributed by atoms with E-state index in [9.17, 15) is 18.0 Å². The third-order valence-electron chi connectivity index (χ3n) is 1.37. The molecule has 0 spiro atoms. The summed E-state index contributed by atoms with van der Waals surface area (Å²) in [6.07, 6.45) is 0. The van der Waals surface area contributed by atoms with Gasteiger partial charge in [0.15, 0.2) is 11.6 Å². The lowest BCUT2D eigenvalue weighted by Gasteiger charge is -2.05. The Bertz CT molecular complexity index is 354. The van der Waals surface area contributed by atoms with Crippen LogP contribution >= 0.6 is 11.6 Å². The Morgan fingerprint density at radius 1 is 1.43 bits per heavy atom. The first-order valence-corrected chi connectivity index (χ1v) is 3.82. The van der Waals surface area contributed by atoms with Gasteiger partial charge in [-0.3, -0.25) is 4.79 Å². The molecule has 0 aliphatic rings. The third-order valence-corrected chi connectivity index (χ3v) is 1.59. The molecule has 0 saturated carbocycles. The van der Waals surface area contributed by atoms with Gasteiger partial charge in [-0.05, 0) is 29.8 Å². The van der Waals surface area contributed by atoms with Gasteiger partial charge in [-0.2, -0.15) is 8.78 Å². The maximum Gasteiger partial charge on any atom is 0.387 e. The quantitative estimate of drug-likeness (QED) is 0.738. The highest BCUT2D eigenvalue weighted by Gasteiger charge is 2.11. The summed E-state index contributed by atoms with van der Waals surface area (Å²) < 4.78 is 40.1. The lowest BCUT2D eigenvalue weighted by atomic mass is 10.2. The van der Waals surface area contributed by atoms with Gasteiger partial charge in [0.1, 0.15) is 0 Å². The molecule has 0 aromatic heterocycles. The molecule has 2 nitrogen and oxygen atoms in total. The molecule has 0 saturated heterocycles. The molecule has 6 heteroatoms. The van der Waals surface area contributed by atoms with Gasteiger partial charge in [0.25, 0.3) is 5.24 Å². The molecule has 0 amide bonds. The second-order valence-corrected chi connectivity index (χ2v) is 2.64. The third kappa shape index (κ3) is 2.63. The first-order chi connectivity index (χ1) is 6.50. The fraction of sp³-hybridized carbons (Fsp3) is 0.125. The highest BCUT2D eigenvalue weighted by molar-refractivity contribution is 6.67. The topological polar surface area (TPSA) is 26.3 Å². The number of ether oxygens (including phenoxy) is 1. The minimum Gasteiger partial charge on any atom is -0.432 e. The summed E-state index contributed by atoms with van der Waals surface area (Å²) in [7, 11) is 0. The van der Waals surface area contributed by atoms with Crippen molar-refractivity contribution in [3.8, 4) is 5.75 Å². The Labute approximate surface area is 82.2 Å². The summed E-state index contributed by atoms with van der Waals surface area (Å²) in [5.74, 6) is -1.68. The molecule has 1 rings (SSSR count). The minimum absolute atomic E-state index is 0.120. The van der Waals surface area contributed by atoms with Crippen molar-refractivity contribution < 1.29 is 22.7 Å². The minimum atomic E-state index is -3.11. The Hall–Kier alpha value is -1.23. The monoisotopic (exact) mass is 224 g/mol. The largest absolute Gasteiger partial charge is 0.432 e. The molecule has 0 N–H and O–H groups in total. The van der Waals surface area contributed by atoms with E-state index in [1.165, 1.54) is 0 Å². The molecular weight excluding hydrogens is 221 g/mol. The van der Waals surface area contributed by atoms with E-state index in [1.54, 1.807) is 0 Å². The van der Waals surface area contributed by atoms with Gasteiger partial charge in [-0.15, -0.1) is 0 Å². The number of hydrogen-bond acceptors (Lipinski definition) is 2. The van der Waals surface area contributed by atoms with Crippen LogP contribution in [-0.4, -0.2) is 11.9 Å². The van der Waals surface area contributed by atoms with E-state index >= 15 is 0 Å². The van der Waals surface area contributed by atoms with Gasteiger partial charge in [0.2, 0.25) is 0 Å². The molecule has 0 aliphatic heterocycles. The van der Waals surface area contributed by atoms with Crippen molar-refractivity contribution in [3.05, 3.63) is 29.6 Å². The van der Waals surface area contributed by atoms with Crippen LogP contribution in [0, 0.1) is 5.82 Å². The van der Waals surface area contributed by atoms with Crippen LogP contribution < -0.4 is 4.74 Å². The summed E-state index contributed by atoms with van der Waals surface area (Å²) in [4.78, 5) is 10.5. The van der Waals surface area contributed by atoms with Crippen LogP contribution in [0.4, 0.5) is 13.2 Å². The van der Waals surface area contributed by atoms with E-state index in [4.69, 9.17) is 11.6 Å². The average molecular weight is 225 g/mol.